The number of hydrogen-bond donors (Lipinski definition) is 0. The van der Waals surface area contributed by atoms with Crippen LogP contribution in [0.1, 0.15) is 11.5 Å². The number of nitrogens with zero attached hydrogens (tertiary/aromatic N) is 2. The first-order valence-electron chi connectivity index (χ1n) is 21.6. The molecule has 0 radical (unpaired) electrons. The van der Waals surface area contributed by atoms with Gasteiger partial charge in [-0.05, 0) is 123 Å². The zero-order chi connectivity index (χ0) is 42.2. The third-order valence-electron chi connectivity index (χ3n) is 11.8. The summed E-state index contributed by atoms with van der Waals surface area (Å²) in [5.41, 5.74) is 17.6. The molecule has 0 saturated heterocycles. The molecule has 0 saturated carbocycles. The Balaban J connectivity index is 0.834. The molecule has 0 spiro atoms. The van der Waals surface area contributed by atoms with Gasteiger partial charge >= 0.3 is 0 Å². The van der Waals surface area contributed by atoms with Gasteiger partial charge in [-0.25, -0.2) is 0 Å². The van der Waals surface area contributed by atoms with E-state index in [-0.39, 0.29) is 5.92 Å². The van der Waals surface area contributed by atoms with E-state index in [2.05, 4.69) is 283 Å². The van der Waals surface area contributed by atoms with Gasteiger partial charge in [0.15, 0.2) is 0 Å². The van der Waals surface area contributed by atoms with Crippen molar-refractivity contribution in [2.24, 2.45) is 0 Å². The average molecular weight is 807 g/mol. The molecule has 1 aliphatic carbocycles. The van der Waals surface area contributed by atoms with Gasteiger partial charge in [-0.15, -0.1) is 0 Å². The summed E-state index contributed by atoms with van der Waals surface area (Å²) in [6, 6.07) is 86.7. The SMILES string of the molecule is C1=CC(c2ccc(-c3ccc(-c4ccc(N(c5ccccc5)c5ccc(-c6ccccc6)cc5)cc4)cc3)cc2)C=CC(N(c2ccccc2)c2ccc(-c3ccccc3)cc2)=C1. The zero-order valence-electron chi connectivity index (χ0n) is 35.0. The second-order valence-corrected chi connectivity index (χ2v) is 15.8. The quantitative estimate of drug-likeness (QED) is 0.128. The number of anilines is 5. The third kappa shape index (κ3) is 8.70. The van der Waals surface area contributed by atoms with E-state index >= 15 is 0 Å². The number of para-hydroxylation sites is 2. The lowest BCUT2D eigenvalue weighted by Gasteiger charge is -2.26. The Kier molecular flexibility index (Phi) is 11.3. The van der Waals surface area contributed by atoms with Crippen molar-refractivity contribution in [1.82, 2.24) is 0 Å². The maximum atomic E-state index is 2.32. The number of benzene rings is 9. The zero-order valence-corrected chi connectivity index (χ0v) is 35.0. The molecular weight excluding hydrogens is 761 g/mol. The highest BCUT2D eigenvalue weighted by molar-refractivity contribution is 5.80. The van der Waals surface area contributed by atoms with Crippen LogP contribution in [0.3, 0.4) is 0 Å². The summed E-state index contributed by atoms with van der Waals surface area (Å²) >= 11 is 0. The Morgan fingerprint density at radius 3 is 0.968 bits per heavy atom. The second-order valence-electron chi connectivity index (χ2n) is 15.8. The fourth-order valence-electron chi connectivity index (χ4n) is 8.44. The molecule has 0 aromatic heterocycles. The highest BCUT2D eigenvalue weighted by atomic mass is 15.1. The molecule has 1 aliphatic rings. The van der Waals surface area contributed by atoms with E-state index in [0.29, 0.717) is 0 Å². The molecule has 0 heterocycles. The van der Waals surface area contributed by atoms with Crippen molar-refractivity contribution in [1.29, 1.82) is 0 Å². The van der Waals surface area contributed by atoms with E-state index in [1.807, 2.05) is 0 Å². The standard InChI is InChI=1S/C61H46N2/c1-5-14-46(15-6-1)53-33-40-59(41-34-53)62(56-19-9-3-10-20-56)58-23-13-18-48(32-39-58)49-24-26-50(27-25-49)51-28-30-52(31-29-51)55-37-44-61(45-38-55)63(57-21-11-4-12-22-57)60-42-35-54(36-43-60)47-16-7-2-8-17-47/h1-45,48H. The van der Waals surface area contributed by atoms with Gasteiger partial charge in [0.05, 0.1) is 0 Å². The van der Waals surface area contributed by atoms with Crippen LogP contribution in [0, 0.1) is 0 Å². The normalized spacial score (nSPS) is 13.2. The summed E-state index contributed by atoms with van der Waals surface area (Å²) in [5, 5.41) is 0. The lowest BCUT2D eigenvalue weighted by Crippen LogP contribution is -2.15. The molecule has 0 aliphatic heterocycles. The third-order valence-corrected chi connectivity index (χ3v) is 11.8. The molecule has 9 aromatic rings. The molecule has 9 aromatic carbocycles. The van der Waals surface area contributed by atoms with Crippen molar-refractivity contribution < 1.29 is 0 Å². The van der Waals surface area contributed by atoms with E-state index in [9.17, 15) is 0 Å². The van der Waals surface area contributed by atoms with Crippen molar-refractivity contribution in [3.63, 3.8) is 0 Å². The van der Waals surface area contributed by atoms with Crippen LogP contribution < -0.4 is 9.80 Å². The molecule has 1 unspecified atom stereocenters. The molecular formula is C61H46N2. The van der Waals surface area contributed by atoms with E-state index < -0.39 is 0 Å². The first-order chi connectivity index (χ1) is 31.2. The first kappa shape index (κ1) is 39.0. The summed E-state index contributed by atoms with van der Waals surface area (Å²) in [6.45, 7) is 0. The fourth-order valence-corrected chi connectivity index (χ4v) is 8.44. The van der Waals surface area contributed by atoms with Crippen LogP contribution >= 0.6 is 0 Å². The second kappa shape index (κ2) is 18.2. The molecule has 0 amide bonds. The number of hydrogen-bond acceptors (Lipinski definition) is 2. The molecule has 0 fully saturated rings. The van der Waals surface area contributed by atoms with Crippen LogP contribution in [0.15, 0.2) is 279 Å². The maximum Gasteiger partial charge on any atom is 0.0462 e. The predicted molar refractivity (Wildman–Crippen MR) is 267 cm³/mol. The van der Waals surface area contributed by atoms with Gasteiger partial charge in [0, 0.05) is 40.1 Å². The Hall–Kier alpha value is -8.20. The predicted octanol–water partition coefficient (Wildman–Crippen LogP) is 16.8. The summed E-state index contributed by atoms with van der Waals surface area (Å²) in [7, 11) is 0. The maximum absolute atomic E-state index is 2.32. The molecule has 0 N–H and O–H groups in total. The summed E-state index contributed by atoms with van der Waals surface area (Å²) in [5.74, 6) is 0.155. The van der Waals surface area contributed by atoms with Gasteiger partial charge in [-0.3, -0.25) is 0 Å². The van der Waals surface area contributed by atoms with Crippen molar-refractivity contribution >= 4 is 28.4 Å². The molecule has 0 bridgehead atoms. The number of rotatable bonds is 11. The minimum absolute atomic E-state index is 0.155. The van der Waals surface area contributed by atoms with Crippen molar-refractivity contribution in [3.8, 4) is 44.5 Å². The van der Waals surface area contributed by atoms with Crippen LogP contribution in [0.4, 0.5) is 28.4 Å². The van der Waals surface area contributed by atoms with E-state index in [1.54, 1.807) is 0 Å². The Morgan fingerprint density at radius 2 is 0.556 bits per heavy atom. The highest BCUT2D eigenvalue weighted by Gasteiger charge is 2.17. The lowest BCUT2D eigenvalue weighted by atomic mass is 9.95. The smallest absolute Gasteiger partial charge is 0.0462 e. The minimum Gasteiger partial charge on any atom is -0.311 e. The average Bonchev–Trinajstić information content (AvgIpc) is 3.62. The van der Waals surface area contributed by atoms with E-state index in [4.69, 9.17) is 0 Å². The molecule has 1 atom stereocenters. The fraction of sp³-hybridized carbons (Fsp3) is 0.0164. The first-order valence-corrected chi connectivity index (χ1v) is 21.6. The topological polar surface area (TPSA) is 6.48 Å². The van der Waals surface area contributed by atoms with Crippen LogP contribution in [-0.4, -0.2) is 0 Å². The molecule has 300 valence electrons. The van der Waals surface area contributed by atoms with Crippen molar-refractivity contribution in [2.45, 2.75) is 5.92 Å². The Bertz CT molecular complexity index is 2970. The van der Waals surface area contributed by atoms with Gasteiger partial charge in [0.2, 0.25) is 0 Å². The molecule has 10 rings (SSSR count). The Morgan fingerprint density at radius 1 is 0.254 bits per heavy atom. The number of allylic oxidation sites excluding steroid dienone is 5. The highest BCUT2D eigenvalue weighted by Crippen LogP contribution is 2.38. The monoisotopic (exact) mass is 806 g/mol. The largest absolute Gasteiger partial charge is 0.311 e. The van der Waals surface area contributed by atoms with Crippen molar-refractivity contribution in [3.05, 3.63) is 284 Å². The van der Waals surface area contributed by atoms with Crippen LogP contribution in [-0.2, 0) is 0 Å². The van der Waals surface area contributed by atoms with Gasteiger partial charge in [0.1, 0.15) is 0 Å². The van der Waals surface area contributed by atoms with E-state index in [0.717, 1.165) is 34.1 Å². The van der Waals surface area contributed by atoms with Gasteiger partial charge in [0.25, 0.3) is 0 Å². The van der Waals surface area contributed by atoms with Crippen molar-refractivity contribution in [2.75, 3.05) is 9.80 Å². The Labute approximate surface area is 371 Å². The lowest BCUT2D eigenvalue weighted by molar-refractivity contribution is 1.08. The molecule has 2 heteroatoms. The van der Waals surface area contributed by atoms with Gasteiger partial charge < -0.3 is 9.80 Å². The van der Waals surface area contributed by atoms with Gasteiger partial charge in [-0.1, -0.05) is 200 Å². The van der Waals surface area contributed by atoms with Gasteiger partial charge in [-0.2, -0.15) is 0 Å². The summed E-state index contributed by atoms with van der Waals surface area (Å²) in [6.07, 6.45) is 11.2. The van der Waals surface area contributed by atoms with Crippen LogP contribution in [0.2, 0.25) is 0 Å². The van der Waals surface area contributed by atoms with Crippen LogP contribution in [0.25, 0.3) is 44.5 Å². The molecule has 63 heavy (non-hydrogen) atoms. The van der Waals surface area contributed by atoms with E-state index in [1.165, 1.54) is 50.1 Å². The molecule has 2 nitrogen and oxygen atoms in total. The summed E-state index contributed by atoms with van der Waals surface area (Å²) in [4.78, 5) is 4.64. The summed E-state index contributed by atoms with van der Waals surface area (Å²) < 4.78 is 0. The minimum atomic E-state index is 0.155. The van der Waals surface area contributed by atoms with Crippen LogP contribution in [0.5, 0.6) is 0 Å².